The number of benzene rings is 2. The SMILES string of the molecule is CCOC(=O)C1=C(c2ccccc2)N=c2s/c(=C\c3ccco3)c(=O)n2[C@@H]1c1ccc(SC)cc1. The van der Waals surface area contributed by atoms with Crippen molar-refractivity contribution in [1.82, 2.24) is 4.57 Å². The molecule has 0 unspecified atom stereocenters. The first-order valence-corrected chi connectivity index (χ1v) is 13.1. The highest BCUT2D eigenvalue weighted by atomic mass is 32.2. The normalized spacial score (nSPS) is 15.6. The third kappa shape index (κ3) is 4.42. The number of thiazole rings is 1. The molecule has 1 atom stereocenters. The van der Waals surface area contributed by atoms with Crippen molar-refractivity contribution in [3.63, 3.8) is 0 Å². The van der Waals surface area contributed by atoms with Crippen LogP contribution in [-0.2, 0) is 9.53 Å². The van der Waals surface area contributed by atoms with Crippen LogP contribution in [0.5, 0.6) is 0 Å². The Morgan fingerprint density at radius 3 is 2.57 bits per heavy atom. The number of carbonyl (C=O) groups excluding carboxylic acids is 1. The molecule has 0 radical (unpaired) electrons. The summed E-state index contributed by atoms with van der Waals surface area (Å²) in [6.45, 7) is 1.98. The van der Waals surface area contributed by atoms with Crippen molar-refractivity contribution < 1.29 is 13.9 Å². The Kier molecular flexibility index (Phi) is 6.57. The highest BCUT2D eigenvalue weighted by molar-refractivity contribution is 7.98. The van der Waals surface area contributed by atoms with E-state index in [9.17, 15) is 9.59 Å². The highest BCUT2D eigenvalue weighted by Gasteiger charge is 2.35. The maximum absolute atomic E-state index is 13.7. The Morgan fingerprint density at radius 2 is 1.91 bits per heavy atom. The van der Waals surface area contributed by atoms with E-state index >= 15 is 0 Å². The predicted molar refractivity (Wildman–Crippen MR) is 138 cm³/mol. The molecule has 4 aromatic rings. The average Bonchev–Trinajstić information content (AvgIpc) is 3.51. The summed E-state index contributed by atoms with van der Waals surface area (Å²) in [7, 11) is 0. The number of hydrogen-bond donors (Lipinski definition) is 0. The Bertz CT molecular complexity index is 1560. The largest absolute Gasteiger partial charge is 0.465 e. The molecule has 0 N–H and O–H groups in total. The molecule has 2 aromatic carbocycles. The van der Waals surface area contributed by atoms with Crippen molar-refractivity contribution in [3.8, 4) is 0 Å². The molecule has 1 aliphatic heterocycles. The summed E-state index contributed by atoms with van der Waals surface area (Å²) in [6.07, 6.45) is 5.27. The minimum Gasteiger partial charge on any atom is -0.465 e. The number of rotatable bonds is 6. The van der Waals surface area contributed by atoms with E-state index in [1.165, 1.54) is 11.3 Å². The fraction of sp³-hybridized carbons (Fsp3) is 0.148. The molecule has 6 nitrogen and oxygen atoms in total. The van der Waals surface area contributed by atoms with Gasteiger partial charge in [-0.3, -0.25) is 9.36 Å². The van der Waals surface area contributed by atoms with Crippen LogP contribution in [-0.4, -0.2) is 23.4 Å². The maximum atomic E-state index is 13.7. The molecule has 2 aromatic heterocycles. The van der Waals surface area contributed by atoms with E-state index in [1.807, 2.05) is 60.9 Å². The van der Waals surface area contributed by atoms with Gasteiger partial charge < -0.3 is 9.15 Å². The number of nitrogens with zero attached hydrogens (tertiary/aromatic N) is 2. The molecule has 0 amide bonds. The van der Waals surface area contributed by atoms with E-state index in [0.717, 1.165) is 16.0 Å². The second-order valence-electron chi connectivity index (χ2n) is 7.72. The van der Waals surface area contributed by atoms with Crippen molar-refractivity contribution in [2.75, 3.05) is 12.9 Å². The lowest BCUT2D eigenvalue weighted by molar-refractivity contribution is -0.138. The lowest BCUT2D eigenvalue weighted by Gasteiger charge is -2.26. The molecule has 0 aliphatic carbocycles. The summed E-state index contributed by atoms with van der Waals surface area (Å²) in [4.78, 5) is 33.5. The van der Waals surface area contributed by atoms with Crippen LogP contribution < -0.4 is 14.9 Å². The molecular formula is C27H22N2O4S2. The average molecular weight is 503 g/mol. The van der Waals surface area contributed by atoms with E-state index < -0.39 is 12.0 Å². The first kappa shape index (κ1) is 23.1. The van der Waals surface area contributed by atoms with E-state index in [-0.39, 0.29) is 12.2 Å². The van der Waals surface area contributed by atoms with Crippen molar-refractivity contribution in [2.24, 2.45) is 4.99 Å². The van der Waals surface area contributed by atoms with Gasteiger partial charge in [-0.2, -0.15) is 0 Å². The van der Waals surface area contributed by atoms with Crippen LogP contribution in [0.1, 0.15) is 29.9 Å². The zero-order chi connectivity index (χ0) is 24.4. The Labute approximate surface area is 209 Å². The van der Waals surface area contributed by atoms with Gasteiger partial charge in [0.15, 0.2) is 4.80 Å². The third-order valence-electron chi connectivity index (χ3n) is 5.62. The number of thioether (sulfide) groups is 1. The maximum Gasteiger partial charge on any atom is 0.338 e. The molecule has 176 valence electrons. The lowest BCUT2D eigenvalue weighted by Crippen LogP contribution is -2.40. The van der Waals surface area contributed by atoms with Crippen LogP contribution in [0, 0.1) is 0 Å². The standard InChI is InChI=1S/C27H22N2O4S2/c1-3-32-26(31)22-23(17-8-5-4-6-9-17)28-27-29(24(22)18-11-13-20(34-2)14-12-18)25(30)21(35-27)16-19-10-7-15-33-19/h4-16,24H,3H2,1-2H3/b21-16-/t24-/m1/s1. The molecule has 0 bridgehead atoms. The molecule has 8 heteroatoms. The molecule has 5 rings (SSSR count). The van der Waals surface area contributed by atoms with Gasteiger partial charge in [-0.05, 0) is 43.0 Å². The molecule has 0 fully saturated rings. The summed E-state index contributed by atoms with van der Waals surface area (Å²) in [5.74, 6) is 0.0818. The molecule has 0 spiro atoms. The minimum absolute atomic E-state index is 0.214. The summed E-state index contributed by atoms with van der Waals surface area (Å²) < 4.78 is 13.0. The molecular weight excluding hydrogens is 480 g/mol. The monoisotopic (exact) mass is 502 g/mol. The minimum atomic E-state index is -0.685. The van der Waals surface area contributed by atoms with Crippen LogP contribution >= 0.6 is 23.1 Å². The number of ether oxygens (including phenoxy) is 1. The summed E-state index contributed by atoms with van der Waals surface area (Å²) >= 11 is 2.90. The van der Waals surface area contributed by atoms with Gasteiger partial charge >= 0.3 is 5.97 Å². The Balaban J connectivity index is 1.83. The predicted octanol–water partition coefficient (Wildman–Crippen LogP) is 4.25. The van der Waals surface area contributed by atoms with Crippen LogP contribution in [0.15, 0.2) is 97.7 Å². The van der Waals surface area contributed by atoms with Crippen molar-refractivity contribution in [1.29, 1.82) is 0 Å². The Morgan fingerprint density at radius 1 is 1.14 bits per heavy atom. The molecule has 0 saturated heterocycles. The molecule has 3 heterocycles. The number of hydrogen-bond acceptors (Lipinski definition) is 7. The van der Waals surface area contributed by atoms with Crippen molar-refractivity contribution in [3.05, 3.63) is 115 Å². The van der Waals surface area contributed by atoms with Gasteiger partial charge in [0.05, 0.1) is 34.7 Å². The van der Waals surface area contributed by atoms with Crippen molar-refractivity contribution >= 4 is 40.8 Å². The fourth-order valence-corrected chi connectivity index (χ4v) is 5.43. The van der Waals surface area contributed by atoms with Gasteiger partial charge in [0.25, 0.3) is 5.56 Å². The number of carbonyl (C=O) groups is 1. The van der Waals surface area contributed by atoms with Gasteiger partial charge in [-0.15, -0.1) is 11.8 Å². The topological polar surface area (TPSA) is 73.8 Å². The first-order valence-electron chi connectivity index (χ1n) is 11.1. The van der Waals surface area contributed by atoms with E-state index in [2.05, 4.69) is 0 Å². The number of esters is 1. The molecule has 1 aliphatic rings. The van der Waals surface area contributed by atoms with E-state index in [0.29, 0.717) is 26.4 Å². The number of furan rings is 1. The summed E-state index contributed by atoms with van der Waals surface area (Å²) in [5.41, 5.74) is 2.20. The van der Waals surface area contributed by atoms with Crippen LogP contribution in [0.2, 0.25) is 0 Å². The summed E-state index contributed by atoms with van der Waals surface area (Å²) in [6, 6.07) is 20.3. The molecule has 35 heavy (non-hydrogen) atoms. The summed E-state index contributed by atoms with van der Waals surface area (Å²) in [5, 5.41) is 0. The van der Waals surface area contributed by atoms with Crippen LogP contribution in [0.3, 0.4) is 0 Å². The zero-order valence-corrected chi connectivity index (χ0v) is 20.8. The quantitative estimate of drug-likeness (QED) is 0.291. The fourth-order valence-electron chi connectivity index (χ4n) is 4.04. The second-order valence-corrected chi connectivity index (χ2v) is 9.61. The lowest BCUT2D eigenvalue weighted by atomic mass is 9.93. The van der Waals surface area contributed by atoms with E-state index in [1.54, 1.807) is 47.7 Å². The van der Waals surface area contributed by atoms with E-state index in [4.69, 9.17) is 14.1 Å². The Hall–Kier alpha value is -3.62. The van der Waals surface area contributed by atoms with Gasteiger partial charge in [-0.1, -0.05) is 53.8 Å². The van der Waals surface area contributed by atoms with Gasteiger partial charge in [0, 0.05) is 16.5 Å². The first-order chi connectivity index (χ1) is 17.1. The van der Waals surface area contributed by atoms with Gasteiger partial charge in [0.1, 0.15) is 5.76 Å². The van der Waals surface area contributed by atoms with Crippen LogP contribution in [0.4, 0.5) is 0 Å². The third-order valence-corrected chi connectivity index (χ3v) is 7.35. The van der Waals surface area contributed by atoms with Crippen LogP contribution in [0.25, 0.3) is 11.8 Å². The number of fused-ring (bicyclic) bond motifs is 1. The highest BCUT2D eigenvalue weighted by Crippen LogP contribution is 2.35. The zero-order valence-electron chi connectivity index (χ0n) is 19.1. The molecule has 0 saturated carbocycles. The van der Waals surface area contributed by atoms with Crippen molar-refractivity contribution in [2.45, 2.75) is 17.9 Å². The second kappa shape index (κ2) is 9.93. The van der Waals surface area contributed by atoms with Gasteiger partial charge in [-0.25, -0.2) is 9.79 Å². The van der Waals surface area contributed by atoms with Gasteiger partial charge in [0.2, 0.25) is 0 Å². The number of aromatic nitrogens is 1. The smallest absolute Gasteiger partial charge is 0.338 e.